The summed E-state index contributed by atoms with van der Waals surface area (Å²) in [5.74, 6) is -0.837. The van der Waals surface area contributed by atoms with E-state index in [1.807, 2.05) is 30.3 Å². The molecule has 1 heterocycles. The monoisotopic (exact) mass is 491 g/mol. The van der Waals surface area contributed by atoms with E-state index >= 15 is 0 Å². The molecular formula is C27H22ClNO6. The number of hydrogen-bond donors (Lipinski definition) is 1. The fourth-order valence-electron chi connectivity index (χ4n) is 3.54. The lowest BCUT2D eigenvalue weighted by Gasteiger charge is -2.07. The molecule has 4 aromatic rings. The molecule has 0 aliphatic carbocycles. The molecule has 0 saturated carbocycles. The zero-order valence-electron chi connectivity index (χ0n) is 18.9. The van der Waals surface area contributed by atoms with Gasteiger partial charge in [0.2, 0.25) is 0 Å². The van der Waals surface area contributed by atoms with Crippen LogP contribution >= 0.6 is 11.6 Å². The molecule has 0 saturated heterocycles. The molecule has 0 atom stereocenters. The van der Waals surface area contributed by atoms with Crippen LogP contribution in [-0.4, -0.2) is 31.0 Å². The zero-order chi connectivity index (χ0) is 24.8. The first-order chi connectivity index (χ1) is 17.0. The first-order valence-electron chi connectivity index (χ1n) is 11.0. The number of carbonyl (C=O) groups is 3. The highest BCUT2D eigenvalue weighted by molar-refractivity contribution is 6.33. The summed E-state index contributed by atoms with van der Waals surface area (Å²) in [4.78, 5) is 37.3. The lowest BCUT2D eigenvalue weighted by Crippen LogP contribution is -2.27. The summed E-state index contributed by atoms with van der Waals surface area (Å²) >= 11 is 6.02. The van der Waals surface area contributed by atoms with Crippen LogP contribution < -0.4 is 10.1 Å². The van der Waals surface area contributed by atoms with Gasteiger partial charge in [-0.1, -0.05) is 54.1 Å². The maximum Gasteiger partial charge on any atom is 0.342 e. The third-order valence-electron chi connectivity index (χ3n) is 5.14. The lowest BCUT2D eigenvalue weighted by atomic mass is 10.1. The van der Waals surface area contributed by atoms with Gasteiger partial charge in [0, 0.05) is 17.5 Å². The van der Waals surface area contributed by atoms with E-state index in [9.17, 15) is 14.4 Å². The summed E-state index contributed by atoms with van der Waals surface area (Å²) in [5, 5.41) is 3.44. The van der Waals surface area contributed by atoms with Gasteiger partial charge >= 0.3 is 11.9 Å². The molecule has 35 heavy (non-hydrogen) atoms. The Hall–Kier alpha value is -4.10. The minimum Gasteiger partial charge on any atom is -0.462 e. The van der Waals surface area contributed by atoms with Crippen molar-refractivity contribution in [2.75, 3.05) is 13.2 Å². The number of hydrogen-bond acceptors (Lipinski definition) is 6. The van der Waals surface area contributed by atoms with Gasteiger partial charge in [-0.2, -0.15) is 0 Å². The van der Waals surface area contributed by atoms with Crippen LogP contribution in [-0.2, 0) is 9.53 Å². The standard InChI is InChI=1S/C27H22ClNO6/c1-2-33-27(32)24-20-16-18(12-13-22(20)35-25(24)17-8-4-3-5-9-17)34-23(30)14-15-29-26(31)19-10-6-7-11-21(19)28/h3-13,16H,2,14-15H2,1H3,(H,29,31). The average Bonchev–Trinajstić information content (AvgIpc) is 3.24. The molecule has 4 rings (SSSR count). The Balaban J connectivity index is 1.49. The number of rotatable bonds is 8. The number of halogens is 1. The molecule has 0 aliphatic heterocycles. The third-order valence-corrected chi connectivity index (χ3v) is 5.47. The van der Waals surface area contributed by atoms with Crippen molar-refractivity contribution in [3.63, 3.8) is 0 Å². The van der Waals surface area contributed by atoms with Crippen molar-refractivity contribution < 1.29 is 28.3 Å². The number of carbonyl (C=O) groups excluding carboxylic acids is 3. The van der Waals surface area contributed by atoms with E-state index < -0.39 is 11.9 Å². The SMILES string of the molecule is CCOC(=O)c1c(-c2ccccc2)oc2ccc(OC(=O)CCNC(=O)c3ccccc3Cl)cc12. The highest BCUT2D eigenvalue weighted by atomic mass is 35.5. The van der Waals surface area contributed by atoms with Gasteiger partial charge in [-0.25, -0.2) is 4.79 Å². The van der Waals surface area contributed by atoms with Gasteiger partial charge in [0.05, 0.1) is 23.6 Å². The van der Waals surface area contributed by atoms with Crippen LogP contribution in [0.25, 0.3) is 22.3 Å². The van der Waals surface area contributed by atoms with E-state index in [0.29, 0.717) is 27.3 Å². The number of amides is 1. The van der Waals surface area contributed by atoms with Gasteiger partial charge in [-0.3, -0.25) is 9.59 Å². The van der Waals surface area contributed by atoms with Crippen LogP contribution in [0.2, 0.25) is 5.02 Å². The fraction of sp³-hybridized carbons (Fsp3) is 0.148. The summed E-state index contributed by atoms with van der Waals surface area (Å²) in [6, 6.07) is 20.6. The molecule has 3 aromatic carbocycles. The number of benzene rings is 3. The minimum absolute atomic E-state index is 0.0559. The van der Waals surface area contributed by atoms with Gasteiger partial charge < -0.3 is 19.2 Å². The molecule has 7 nitrogen and oxygen atoms in total. The van der Waals surface area contributed by atoms with E-state index in [0.717, 1.165) is 5.56 Å². The van der Waals surface area contributed by atoms with Crippen LogP contribution in [0.5, 0.6) is 5.75 Å². The van der Waals surface area contributed by atoms with Crippen LogP contribution in [0.1, 0.15) is 34.1 Å². The third kappa shape index (κ3) is 5.53. The second-order valence-corrected chi connectivity index (χ2v) is 7.92. The van der Waals surface area contributed by atoms with E-state index in [4.69, 9.17) is 25.5 Å². The van der Waals surface area contributed by atoms with Crippen molar-refractivity contribution in [1.82, 2.24) is 5.32 Å². The van der Waals surface area contributed by atoms with E-state index in [-0.39, 0.29) is 36.8 Å². The predicted molar refractivity (Wildman–Crippen MR) is 132 cm³/mol. The molecule has 1 amide bonds. The Morgan fingerprint density at radius 2 is 1.71 bits per heavy atom. The molecule has 0 fully saturated rings. The van der Waals surface area contributed by atoms with Gasteiger partial charge in [-0.05, 0) is 37.3 Å². The predicted octanol–water partition coefficient (Wildman–Crippen LogP) is 5.66. The van der Waals surface area contributed by atoms with Crippen LogP contribution in [0.4, 0.5) is 0 Å². The average molecular weight is 492 g/mol. The Morgan fingerprint density at radius 3 is 2.46 bits per heavy atom. The molecule has 178 valence electrons. The Labute approximate surface area is 206 Å². The Bertz CT molecular complexity index is 1380. The number of fused-ring (bicyclic) bond motifs is 1. The fourth-order valence-corrected chi connectivity index (χ4v) is 3.76. The molecule has 0 bridgehead atoms. The highest BCUT2D eigenvalue weighted by Gasteiger charge is 2.24. The summed E-state index contributed by atoms with van der Waals surface area (Å²) in [7, 11) is 0. The van der Waals surface area contributed by atoms with E-state index in [1.165, 1.54) is 0 Å². The van der Waals surface area contributed by atoms with Crippen molar-refractivity contribution in [3.8, 4) is 17.1 Å². The van der Waals surface area contributed by atoms with E-state index in [2.05, 4.69) is 5.32 Å². The number of esters is 2. The lowest BCUT2D eigenvalue weighted by molar-refractivity contribution is -0.134. The number of nitrogens with one attached hydrogen (secondary N) is 1. The topological polar surface area (TPSA) is 94.8 Å². The van der Waals surface area contributed by atoms with Gasteiger partial charge in [0.15, 0.2) is 0 Å². The quantitative estimate of drug-likeness (QED) is 0.252. The second-order valence-electron chi connectivity index (χ2n) is 7.51. The largest absolute Gasteiger partial charge is 0.462 e. The highest BCUT2D eigenvalue weighted by Crippen LogP contribution is 2.36. The smallest absolute Gasteiger partial charge is 0.342 e. The Kier molecular flexibility index (Phi) is 7.48. The van der Waals surface area contributed by atoms with Crippen LogP contribution in [0.15, 0.2) is 77.2 Å². The van der Waals surface area contributed by atoms with Crippen LogP contribution in [0, 0.1) is 0 Å². The van der Waals surface area contributed by atoms with Crippen molar-refractivity contribution in [2.45, 2.75) is 13.3 Å². The zero-order valence-corrected chi connectivity index (χ0v) is 19.6. The molecule has 8 heteroatoms. The molecule has 1 aromatic heterocycles. The van der Waals surface area contributed by atoms with Gasteiger partial charge in [-0.15, -0.1) is 0 Å². The second kappa shape index (κ2) is 10.9. The molecule has 0 unspecified atom stereocenters. The molecule has 0 spiro atoms. The maximum absolute atomic E-state index is 12.8. The molecule has 0 aliphatic rings. The van der Waals surface area contributed by atoms with Crippen molar-refractivity contribution in [1.29, 1.82) is 0 Å². The Morgan fingerprint density at radius 1 is 0.971 bits per heavy atom. The van der Waals surface area contributed by atoms with Crippen molar-refractivity contribution in [3.05, 3.63) is 88.9 Å². The molecule has 0 radical (unpaired) electrons. The first-order valence-corrected chi connectivity index (χ1v) is 11.4. The summed E-state index contributed by atoms with van der Waals surface area (Å²) in [6.07, 6.45) is -0.0559. The molecule has 1 N–H and O–H groups in total. The molecular weight excluding hydrogens is 470 g/mol. The van der Waals surface area contributed by atoms with Crippen molar-refractivity contribution >= 4 is 40.4 Å². The first kappa shape index (κ1) is 24.0. The van der Waals surface area contributed by atoms with Crippen LogP contribution in [0.3, 0.4) is 0 Å². The minimum atomic E-state index is -0.548. The maximum atomic E-state index is 12.8. The summed E-state index contributed by atoms with van der Waals surface area (Å²) in [5.41, 5.74) is 1.77. The summed E-state index contributed by atoms with van der Waals surface area (Å²) in [6.45, 7) is 2.00. The number of furan rings is 1. The van der Waals surface area contributed by atoms with Gasteiger partial charge in [0.25, 0.3) is 5.91 Å². The normalized spacial score (nSPS) is 10.7. The number of ether oxygens (including phenoxy) is 2. The van der Waals surface area contributed by atoms with Gasteiger partial charge in [0.1, 0.15) is 22.7 Å². The van der Waals surface area contributed by atoms with Crippen molar-refractivity contribution in [2.24, 2.45) is 0 Å². The summed E-state index contributed by atoms with van der Waals surface area (Å²) < 4.78 is 16.6. The van der Waals surface area contributed by atoms with E-state index in [1.54, 1.807) is 49.4 Å².